The van der Waals surface area contributed by atoms with E-state index in [1.807, 2.05) is 17.5 Å². The number of benzene rings is 1. The van der Waals surface area contributed by atoms with E-state index in [1.165, 1.54) is 34.2 Å². The van der Waals surface area contributed by atoms with E-state index in [9.17, 15) is 14.0 Å². The second-order valence-corrected chi connectivity index (χ2v) is 6.83. The van der Waals surface area contributed by atoms with Crippen molar-refractivity contribution in [2.45, 2.75) is 19.4 Å². The van der Waals surface area contributed by atoms with Gasteiger partial charge in [0.1, 0.15) is 12.4 Å². The number of carbonyl (C=O) groups excluding carboxylic acids is 2. The number of halogens is 1. The van der Waals surface area contributed by atoms with E-state index in [1.54, 1.807) is 25.2 Å². The van der Waals surface area contributed by atoms with E-state index in [4.69, 9.17) is 0 Å². The molecule has 3 rings (SSSR count). The van der Waals surface area contributed by atoms with Crippen LogP contribution in [0.4, 0.5) is 4.39 Å². The highest BCUT2D eigenvalue weighted by Crippen LogP contribution is 2.34. The Morgan fingerprint density at radius 3 is 2.72 bits per heavy atom. The van der Waals surface area contributed by atoms with Crippen LogP contribution in [0.25, 0.3) is 0 Å². The maximum absolute atomic E-state index is 14.3. The second kappa shape index (κ2) is 7.14. The van der Waals surface area contributed by atoms with Gasteiger partial charge in [0.15, 0.2) is 0 Å². The van der Waals surface area contributed by atoms with Gasteiger partial charge in [-0.3, -0.25) is 9.59 Å². The number of likely N-dealkylation sites (N-methyl/N-ethyl adjacent to an activating group) is 1. The van der Waals surface area contributed by atoms with Crippen LogP contribution in [-0.2, 0) is 9.59 Å². The van der Waals surface area contributed by atoms with Crippen molar-refractivity contribution in [3.8, 4) is 0 Å². The van der Waals surface area contributed by atoms with Gasteiger partial charge in [-0.25, -0.2) is 9.40 Å². The molecular formula is C18H18FN3O2S. The zero-order valence-electron chi connectivity index (χ0n) is 14.0. The van der Waals surface area contributed by atoms with Crippen LogP contribution in [0.5, 0.6) is 0 Å². The number of nitrogens with zero attached hydrogens (tertiary/aromatic N) is 3. The maximum atomic E-state index is 14.3. The minimum atomic E-state index is -0.508. The van der Waals surface area contributed by atoms with E-state index >= 15 is 0 Å². The molecule has 0 saturated carbocycles. The quantitative estimate of drug-likeness (QED) is 0.842. The first-order valence-electron chi connectivity index (χ1n) is 7.87. The van der Waals surface area contributed by atoms with Crippen molar-refractivity contribution in [3.05, 3.63) is 58.0 Å². The summed E-state index contributed by atoms with van der Waals surface area (Å²) in [4.78, 5) is 26.4. The van der Waals surface area contributed by atoms with Crippen LogP contribution in [0.15, 0.2) is 46.9 Å². The Kier molecular flexibility index (Phi) is 4.94. The molecular weight excluding hydrogens is 341 g/mol. The van der Waals surface area contributed by atoms with Crippen molar-refractivity contribution in [2.75, 3.05) is 13.6 Å². The molecule has 0 bridgehead atoms. The van der Waals surface area contributed by atoms with Crippen LogP contribution in [-0.4, -0.2) is 41.0 Å². The van der Waals surface area contributed by atoms with Gasteiger partial charge in [-0.15, -0.1) is 11.3 Å². The monoisotopic (exact) mass is 359 g/mol. The van der Waals surface area contributed by atoms with Crippen LogP contribution in [0.3, 0.4) is 0 Å². The van der Waals surface area contributed by atoms with Crippen LogP contribution in [0.1, 0.15) is 29.8 Å². The largest absolute Gasteiger partial charge is 0.337 e. The van der Waals surface area contributed by atoms with Crippen molar-refractivity contribution in [2.24, 2.45) is 5.10 Å². The molecule has 130 valence electrons. The van der Waals surface area contributed by atoms with Crippen LogP contribution < -0.4 is 0 Å². The van der Waals surface area contributed by atoms with Gasteiger partial charge in [0.2, 0.25) is 5.91 Å². The summed E-state index contributed by atoms with van der Waals surface area (Å²) < 4.78 is 14.3. The molecule has 1 aromatic heterocycles. The van der Waals surface area contributed by atoms with Gasteiger partial charge in [0, 0.05) is 26.0 Å². The number of hydrazone groups is 1. The second-order valence-electron chi connectivity index (χ2n) is 5.88. The Balaban J connectivity index is 1.92. The highest BCUT2D eigenvalue weighted by atomic mass is 32.1. The summed E-state index contributed by atoms with van der Waals surface area (Å²) in [6.07, 6.45) is 0.441. The minimum Gasteiger partial charge on any atom is -0.337 e. The summed E-state index contributed by atoms with van der Waals surface area (Å²) in [6.45, 7) is 1.30. The third kappa shape index (κ3) is 3.61. The molecule has 1 aliphatic rings. The molecule has 0 fully saturated rings. The zero-order valence-corrected chi connectivity index (χ0v) is 14.8. The van der Waals surface area contributed by atoms with E-state index in [0.717, 1.165) is 10.6 Å². The highest BCUT2D eigenvalue weighted by molar-refractivity contribution is 7.12. The average Bonchev–Trinajstić information content (AvgIpc) is 3.24. The lowest BCUT2D eigenvalue weighted by atomic mass is 10.0. The fourth-order valence-electron chi connectivity index (χ4n) is 2.71. The maximum Gasteiger partial charge on any atom is 0.262 e. The normalized spacial score (nSPS) is 16.7. The summed E-state index contributed by atoms with van der Waals surface area (Å²) in [7, 11) is 1.55. The lowest BCUT2D eigenvalue weighted by molar-refractivity contribution is -0.139. The molecule has 0 saturated heterocycles. The van der Waals surface area contributed by atoms with Gasteiger partial charge in [0.25, 0.3) is 5.91 Å². The molecule has 0 radical (unpaired) electrons. The molecule has 0 spiro atoms. The summed E-state index contributed by atoms with van der Waals surface area (Å²) in [5.41, 5.74) is 1.18. The fraction of sp³-hybridized carbons (Fsp3) is 0.278. The van der Waals surface area contributed by atoms with Gasteiger partial charge in [0.05, 0.1) is 16.6 Å². The summed E-state index contributed by atoms with van der Waals surface area (Å²) in [5, 5.41) is 7.69. The first-order chi connectivity index (χ1) is 12.0. The SMILES string of the molecule is CC(=O)N(C)CC(=O)N1N=C(c2cccs2)C[C@H]1c1ccccc1F. The molecule has 1 aliphatic heterocycles. The number of amides is 2. The molecule has 1 aromatic carbocycles. The van der Waals surface area contributed by atoms with Crippen LogP contribution in [0, 0.1) is 5.82 Å². The highest BCUT2D eigenvalue weighted by Gasteiger charge is 2.35. The molecule has 5 nitrogen and oxygen atoms in total. The predicted molar refractivity (Wildman–Crippen MR) is 94.8 cm³/mol. The summed E-state index contributed by atoms with van der Waals surface area (Å²) in [5.74, 6) is -0.914. The Morgan fingerprint density at radius 2 is 2.08 bits per heavy atom. The van der Waals surface area contributed by atoms with Gasteiger partial charge < -0.3 is 4.90 Å². The number of thiophene rings is 1. The fourth-order valence-corrected chi connectivity index (χ4v) is 3.43. The van der Waals surface area contributed by atoms with Gasteiger partial charge >= 0.3 is 0 Å². The van der Waals surface area contributed by atoms with Gasteiger partial charge in [-0.1, -0.05) is 24.3 Å². The number of carbonyl (C=O) groups is 2. The summed E-state index contributed by atoms with van der Waals surface area (Å²) in [6, 6.07) is 9.74. The molecule has 25 heavy (non-hydrogen) atoms. The number of hydrogen-bond acceptors (Lipinski definition) is 4. The molecule has 2 amide bonds. The van der Waals surface area contributed by atoms with Crippen molar-refractivity contribution < 1.29 is 14.0 Å². The average molecular weight is 359 g/mol. The smallest absolute Gasteiger partial charge is 0.262 e. The Morgan fingerprint density at radius 1 is 1.32 bits per heavy atom. The van der Waals surface area contributed by atoms with Crippen LogP contribution >= 0.6 is 11.3 Å². The molecule has 2 aromatic rings. The van der Waals surface area contributed by atoms with Crippen LogP contribution in [0.2, 0.25) is 0 Å². The van der Waals surface area contributed by atoms with E-state index < -0.39 is 6.04 Å². The third-order valence-corrected chi connectivity index (χ3v) is 5.06. The lowest BCUT2D eigenvalue weighted by Crippen LogP contribution is -2.38. The van der Waals surface area contributed by atoms with Gasteiger partial charge in [-0.05, 0) is 17.5 Å². The molecule has 1 atom stereocenters. The first kappa shape index (κ1) is 17.3. The van der Waals surface area contributed by atoms with E-state index in [0.29, 0.717) is 12.0 Å². The topological polar surface area (TPSA) is 53.0 Å². The Hall–Kier alpha value is -2.54. The standard InChI is InChI=1S/C18H18FN3O2S/c1-12(23)21(2)11-18(24)22-16(13-6-3-4-7-14(13)19)10-15(20-22)17-8-5-9-25-17/h3-9,16H,10-11H2,1-2H3/t16-/m0/s1. The molecule has 0 aliphatic carbocycles. The predicted octanol–water partition coefficient (Wildman–Crippen LogP) is 3.04. The lowest BCUT2D eigenvalue weighted by Gasteiger charge is -2.24. The molecule has 2 heterocycles. The summed E-state index contributed by atoms with van der Waals surface area (Å²) >= 11 is 1.53. The van der Waals surface area contributed by atoms with E-state index in [2.05, 4.69) is 5.10 Å². The van der Waals surface area contributed by atoms with Crippen molar-refractivity contribution in [3.63, 3.8) is 0 Å². The minimum absolute atomic E-state index is 0.0957. The molecule has 7 heteroatoms. The molecule has 0 N–H and O–H groups in total. The Labute approximate surface area is 149 Å². The molecule has 0 unspecified atom stereocenters. The third-order valence-electron chi connectivity index (χ3n) is 4.15. The Bertz CT molecular complexity index is 819. The number of hydrogen-bond donors (Lipinski definition) is 0. The van der Waals surface area contributed by atoms with Crippen molar-refractivity contribution >= 4 is 28.9 Å². The van der Waals surface area contributed by atoms with Crippen molar-refractivity contribution in [1.82, 2.24) is 9.91 Å². The van der Waals surface area contributed by atoms with E-state index in [-0.39, 0.29) is 24.2 Å². The van der Waals surface area contributed by atoms with Crippen molar-refractivity contribution in [1.29, 1.82) is 0 Å². The zero-order chi connectivity index (χ0) is 18.0. The first-order valence-corrected chi connectivity index (χ1v) is 8.75. The van der Waals surface area contributed by atoms with Gasteiger partial charge in [-0.2, -0.15) is 5.10 Å². The number of rotatable bonds is 4.